The Morgan fingerprint density at radius 1 is 1.10 bits per heavy atom. The molecule has 156 valence electrons. The third-order valence-electron chi connectivity index (χ3n) is 4.00. The van der Waals surface area contributed by atoms with Crippen LogP contribution in [0.25, 0.3) is 10.9 Å². The average molecular weight is 431 g/mol. The fraction of sp³-hybridized carbons (Fsp3) is 0.111. The van der Waals surface area contributed by atoms with Crippen LogP contribution in [0.3, 0.4) is 0 Å². The molecule has 1 aromatic heterocycles. The van der Waals surface area contributed by atoms with Gasteiger partial charge in [-0.1, -0.05) is 0 Å². The largest absolute Gasteiger partial charge is 0.493 e. The predicted octanol–water partition coefficient (Wildman–Crippen LogP) is 1.97. The molecule has 3 rings (SSSR count). The second-order valence-corrected chi connectivity index (χ2v) is 7.74. The molecule has 0 aliphatic heterocycles. The lowest BCUT2D eigenvalue weighted by Crippen LogP contribution is -2.15. The number of nitrogens with one attached hydrogen (secondary N) is 1. The van der Waals surface area contributed by atoms with Crippen molar-refractivity contribution in [2.75, 3.05) is 6.61 Å². The van der Waals surface area contributed by atoms with Crippen molar-refractivity contribution in [2.45, 2.75) is 11.3 Å². The summed E-state index contributed by atoms with van der Waals surface area (Å²) in [7, 11) is -3.82. The van der Waals surface area contributed by atoms with Crippen molar-refractivity contribution in [3.8, 4) is 5.88 Å². The molecule has 3 aromatic rings. The van der Waals surface area contributed by atoms with Gasteiger partial charge in [-0.25, -0.2) is 18.4 Å². The first kappa shape index (κ1) is 21.0. The fourth-order valence-corrected chi connectivity index (χ4v) is 3.05. The number of aromatic amines is 1. The summed E-state index contributed by atoms with van der Waals surface area (Å²) in [5, 5.41) is 23.5. The number of H-pyrrole nitrogens is 1. The lowest BCUT2D eigenvalue weighted by Gasteiger charge is -2.03. The van der Waals surface area contributed by atoms with E-state index in [9.17, 15) is 23.1 Å². The van der Waals surface area contributed by atoms with Crippen molar-refractivity contribution in [3.63, 3.8) is 0 Å². The number of carbonyl (C=O) groups is 2. The predicted molar refractivity (Wildman–Crippen MR) is 106 cm³/mol. The van der Waals surface area contributed by atoms with Crippen LogP contribution < -0.4 is 10.9 Å². The number of benzene rings is 2. The number of primary amides is 1. The number of primary sulfonamides is 1. The highest BCUT2D eigenvalue weighted by molar-refractivity contribution is 7.89. The van der Waals surface area contributed by atoms with Crippen molar-refractivity contribution in [1.82, 2.24) is 4.98 Å². The fourth-order valence-electron chi connectivity index (χ4n) is 2.53. The minimum absolute atomic E-state index is 0.0733. The van der Waals surface area contributed by atoms with E-state index in [0.29, 0.717) is 16.6 Å². The first-order valence-electron chi connectivity index (χ1n) is 8.50. The Bertz CT molecular complexity index is 1250. The second-order valence-electron chi connectivity index (χ2n) is 6.17. The summed E-state index contributed by atoms with van der Waals surface area (Å²) >= 11 is 0. The minimum atomic E-state index is -3.82. The molecule has 0 spiro atoms. The lowest BCUT2D eigenvalue weighted by molar-refractivity contribution is -0.118. The Kier molecular flexibility index (Phi) is 5.80. The van der Waals surface area contributed by atoms with E-state index in [1.54, 1.807) is 6.07 Å². The Morgan fingerprint density at radius 2 is 1.80 bits per heavy atom. The van der Waals surface area contributed by atoms with Crippen molar-refractivity contribution in [3.05, 3.63) is 48.0 Å². The molecular weight excluding hydrogens is 414 g/mol. The van der Waals surface area contributed by atoms with Crippen LogP contribution in [-0.4, -0.2) is 37.0 Å². The number of hydrogen-bond donors (Lipinski definition) is 4. The highest BCUT2D eigenvalue weighted by Gasteiger charge is 2.15. The maximum atomic E-state index is 12.1. The molecule has 0 radical (unpaired) electrons. The van der Waals surface area contributed by atoms with Gasteiger partial charge >= 0.3 is 5.97 Å². The van der Waals surface area contributed by atoms with Crippen molar-refractivity contribution in [1.29, 1.82) is 0 Å². The first-order chi connectivity index (χ1) is 14.1. The Hall–Kier alpha value is -3.77. The molecule has 0 aliphatic rings. The van der Waals surface area contributed by atoms with Gasteiger partial charge in [0.2, 0.25) is 21.8 Å². The number of sulfonamides is 1. The highest BCUT2D eigenvalue weighted by atomic mass is 32.2. The Balaban J connectivity index is 1.86. The second kappa shape index (κ2) is 8.31. The maximum Gasteiger partial charge on any atom is 0.338 e. The van der Waals surface area contributed by atoms with Crippen LogP contribution >= 0.6 is 0 Å². The van der Waals surface area contributed by atoms with Gasteiger partial charge in [-0.05, 0) is 42.5 Å². The summed E-state index contributed by atoms with van der Waals surface area (Å²) in [6.45, 7) is -0.147. The summed E-state index contributed by atoms with van der Waals surface area (Å²) in [5.41, 5.74) is 6.08. The van der Waals surface area contributed by atoms with Gasteiger partial charge in [0.25, 0.3) is 0 Å². The molecule has 0 fully saturated rings. The molecule has 30 heavy (non-hydrogen) atoms. The van der Waals surface area contributed by atoms with Crippen LogP contribution in [0.1, 0.15) is 16.8 Å². The summed E-state index contributed by atoms with van der Waals surface area (Å²) in [6, 6.07) is 9.85. The zero-order valence-corrected chi connectivity index (χ0v) is 16.2. The molecule has 6 N–H and O–H groups in total. The number of ether oxygens (including phenoxy) is 1. The van der Waals surface area contributed by atoms with E-state index < -0.39 is 21.9 Å². The molecular formula is C18H17N5O6S. The zero-order chi connectivity index (χ0) is 21.9. The number of nitrogens with two attached hydrogens (primary N) is 2. The van der Waals surface area contributed by atoms with Crippen molar-refractivity contribution in [2.24, 2.45) is 21.1 Å². The summed E-state index contributed by atoms with van der Waals surface area (Å²) in [6.07, 6.45) is -0.0946. The van der Waals surface area contributed by atoms with E-state index in [0.717, 1.165) is 0 Å². The van der Waals surface area contributed by atoms with E-state index in [1.807, 2.05) is 0 Å². The molecule has 2 aromatic carbocycles. The SMILES string of the molecule is NC(=O)CCOC(=O)c1ccc2[nH]c(O)c(N=Nc3ccc(S(N)(=O)=O)cc3)c2c1. The van der Waals surface area contributed by atoms with Crippen LogP contribution in [0.4, 0.5) is 11.4 Å². The van der Waals surface area contributed by atoms with Gasteiger partial charge in [0.05, 0.1) is 28.1 Å². The number of aromatic hydroxyl groups is 1. The number of carbonyl (C=O) groups excluding carboxylic acids is 2. The van der Waals surface area contributed by atoms with E-state index in [4.69, 9.17) is 15.6 Å². The summed E-state index contributed by atoms with van der Waals surface area (Å²) in [4.78, 5) is 25.5. The molecule has 1 heterocycles. The number of aromatic nitrogens is 1. The number of hydrogen-bond acceptors (Lipinski definition) is 8. The van der Waals surface area contributed by atoms with E-state index in [-0.39, 0.29) is 35.1 Å². The van der Waals surface area contributed by atoms with Crippen LogP contribution in [0.5, 0.6) is 5.88 Å². The standard InChI is InChI=1S/C18H17N5O6S/c19-15(24)7-8-29-18(26)10-1-6-14-13(9-10)16(17(25)21-14)23-22-11-2-4-12(5-3-11)30(20,27)28/h1-6,9,21,25H,7-8H2,(H2,19,24)(H2,20,27,28). The average Bonchev–Trinajstić information content (AvgIpc) is 2.99. The Labute approximate surface area is 170 Å². The highest BCUT2D eigenvalue weighted by Crippen LogP contribution is 2.37. The van der Waals surface area contributed by atoms with Gasteiger partial charge < -0.3 is 20.6 Å². The van der Waals surface area contributed by atoms with E-state index >= 15 is 0 Å². The van der Waals surface area contributed by atoms with E-state index in [2.05, 4.69) is 15.2 Å². The third-order valence-corrected chi connectivity index (χ3v) is 4.93. The molecule has 11 nitrogen and oxygen atoms in total. The van der Waals surface area contributed by atoms with Crippen LogP contribution in [-0.2, 0) is 19.6 Å². The number of amides is 1. The van der Waals surface area contributed by atoms with Gasteiger partial charge in [-0.2, -0.15) is 5.11 Å². The van der Waals surface area contributed by atoms with Gasteiger partial charge in [0.15, 0.2) is 5.69 Å². The number of azo groups is 1. The minimum Gasteiger partial charge on any atom is -0.493 e. The van der Waals surface area contributed by atoms with Crippen LogP contribution in [0.15, 0.2) is 57.6 Å². The van der Waals surface area contributed by atoms with Crippen LogP contribution in [0, 0.1) is 0 Å². The molecule has 0 bridgehead atoms. The Morgan fingerprint density at radius 3 is 2.43 bits per heavy atom. The zero-order valence-electron chi connectivity index (χ0n) is 15.4. The lowest BCUT2D eigenvalue weighted by atomic mass is 10.1. The molecule has 0 aliphatic carbocycles. The molecule has 0 unspecified atom stereocenters. The van der Waals surface area contributed by atoms with Crippen LogP contribution in [0.2, 0.25) is 0 Å². The molecule has 0 saturated carbocycles. The number of rotatable bonds is 7. The number of esters is 1. The maximum absolute atomic E-state index is 12.1. The topological polar surface area (TPSA) is 190 Å². The smallest absolute Gasteiger partial charge is 0.338 e. The van der Waals surface area contributed by atoms with Gasteiger partial charge in [-0.3, -0.25) is 4.79 Å². The monoisotopic (exact) mass is 431 g/mol. The molecule has 1 amide bonds. The van der Waals surface area contributed by atoms with Crippen molar-refractivity contribution >= 4 is 44.2 Å². The van der Waals surface area contributed by atoms with Crippen molar-refractivity contribution < 1.29 is 27.9 Å². The summed E-state index contributed by atoms with van der Waals surface area (Å²) < 4.78 is 27.6. The third kappa shape index (κ3) is 4.79. The molecule has 12 heteroatoms. The quantitative estimate of drug-likeness (QED) is 0.326. The molecule has 0 atom stereocenters. The van der Waals surface area contributed by atoms with Gasteiger partial charge in [0.1, 0.15) is 6.61 Å². The van der Waals surface area contributed by atoms with Gasteiger partial charge in [0, 0.05) is 5.39 Å². The molecule has 0 saturated heterocycles. The number of nitrogens with zero attached hydrogens (tertiary/aromatic N) is 2. The number of fused-ring (bicyclic) bond motifs is 1. The van der Waals surface area contributed by atoms with E-state index in [1.165, 1.54) is 36.4 Å². The summed E-state index contributed by atoms with van der Waals surface area (Å²) in [5.74, 6) is -1.52. The first-order valence-corrected chi connectivity index (χ1v) is 10.0. The normalized spacial score (nSPS) is 11.8. The van der Waals surface area contributed by atoms with Gasteiger partial charge in [-0.15, -0.1) is 5.11 Å².